The molecule has 5 aliphatic rings. The van der Waals surface area contributed by atoms with E-state index in [1.165, 1.54) is 0 Å². The van der Waals surface area contributed by atoms with Gasteiger partial charge in [0.25, 0.3) is 0 Å². The number of anilines is 2. The molecule has 0 amide bonds. The maximum absolute atomic E-state index is 13.9. The zero-order valence-electron chi connectivity index (χ0n) is 22.6. The van der Waals surface area contributed by atoms with Gasteiger partial charge in [0.2, 0.25) is 0 Å². The Kier molecular flexibility index (Phi) is 4.50. The van der Waals surface area contributed by atoms with E-state index in [4.69, 9.17) is 5.10 Å². The summed E-state index contributed by atoms with van der Waals surface area (Å²) in [4.78, 5) is 30.1. The molecule has 8 heteroatoms. The predicted molar refractivity (Wildman–Crippen MR) is 141 cm³/mol. The number of allylic oxidation sites excluding steroid dienone is 3. The fourth-order valence-electron chi connectivity index (χ4n) is 7.48. The maximum Gasteiger partial charge on any atom is 0.163 e. The minimum absolute atomic E-state index is 0.0877. The lowest BCUT2D eigenvalue weighted by Crippen LogP contribution is -2.45. The molecular formula is C29H36N6O2. The third-order valence-electron chi connectivity index (χ3n) is 9.09. The normalized spacial score (nSPS) is 28.0. The van der Waals surface area contributed by atoms with Crippen molar-refractivity contribution in [3.63, 3.8) is 0 Å². The predicted octanol–water partition coefficient (Wildman–Crippen LogP) is 5.52. The second-order valence-electron chi connectivity index (χ2n) is 13.5. The van der Waals surface area contributed by atoms with E-state index in [1.807, 2.05) is 6.92 Å². The largest absolute Gasteiger partial charge is 0.342 e. The summed E-state index contributed by atoms with van der Waals surface area (Å²) in [5.74, 6) is 2.64. The molecule has 2 atom stereocenters. The van der Waals surface area contributed by atoms with Gasteiger partial charge in [0.05, 0.1) is 6.04 Å². The van der Waals surface area contributed by atoms with Crippen molar-refractivity contribution in [3.05, 3.63) is 45.1 Å². The maximum atomic E-state index is 13.9. The van der Waals surface area contributed by atoms with Gasteiger partial charge in [-0.25, -0.2) is 0 Å². The monoisotopic (exact) mass is 500 g/mol. The number of nitrogens with zero attached hydrogens (tertiary/aromatic N) is 3. The zero-order valence-corrected chi connectivity index (χ0v) is 22.6. The number of carbonyl (C=O) groups is 2. The number of ketones is 2. The highest BCUT2D eigenvalue weighted by Crippen LogP contribution is 2.60. The molecule has 2 aromatic rings. The number of H-pyrrole nitrogens is 2. The van der Waals surface area contributed by atoms with Gasteiger partial charge in [-0.3, -0.25) is 19.8 Å². The lowest BCUT2D eigenvalue weighted by Gasteiger charge is -2.48. The van der Waals surface area contributed by atoms with Gasteiger partial charge in [0.15, 0.2) is 23.2 Å². The fourth-order valence-corrected chi connectivity index (χ4v) is 7.48. The van der Waals surface area contributed by atoms with Gasteiger partial charge in [0, 0.05) is 63.8 Å². The summed E-state index contributed by atoms with van der Waals surface area (Å²) in [6.07, 6.45) is 4.89. The molecule has 37 heavy (non-hydrogen) atoms. The quantitative estimate of drug-likeness (QED) is 0.502. The number of nitrogens with one attached hydrogen (secondary N) is 3. The van der Waals surface area contributed by atoms with Crippen LogP contribution in [0.2, 0.25) is 0 Å². The number of rotatable bonds is 2. The van der Waals surface area contributed by atoms with Crippen molar-refractivity contribution in [1.29, 1.82) is 0 Å². The van der Waals surface area contributed by atoms with Gasteiger partial charge >= 0.3 is 0 Å². The van der Waals surface area contributed by atoms with Crippen LogP contribution in [0.3, 0.4) is 0 Å². The highest BCUT2D eigenvalue weighted by Gasteiger charge is 2.53. The molecule has 8 nitrogen and oxygen atoms in total. The summed E-state index contributed by atoms with van der Waals surface area (Å²) in [7, 11) is 0. The van der Waals surface area contributed by atoms with Crippen LogP contribution >= 0.6 is 0 Å². The van der Waals surface area contributed by atoms with Crippen molar-refractivity contribution in [3.8, 4) is 0 Å². The molecule has 2 unspecified atom stereocenters. The molecule has 0 radical (unpaired) electrons. The van der Waals surface area contributed by atoms with Gasteiger partial charge in [-0.2, -0.15) is 10.2 Å². The Morgan fingerprint density at radius 1 is 0.811 bits per heavy atom. The van der Waals surface area contributed by atoms with E-state index in [0.717, 1.165) is 82.4 Å². The highest BCUT2D eigenvalue weighted by atomic mass is 16.1. The molecule has 7 rings (SSSR count). The van der Waals surface area contributed by atoms with Crippen LogP contribution in [0.25, 0.3) is 0 Å². The lowest BCUT2D eigenvalue weighted by atomic mass is 9.67. The second kappa shape index (κ2) is 7.23. The van der Waals surface area contributed by atoms with Gasteiger partial charge < -0.3 is 10.2 Å². The lowest BCUT2D eigenvalue weighted by molar-refractivity contribution is -0.119. The first-order valence-electron chi connectivity index (χ1n) is 13.6. The second-order valence-corrected chi connectivity index (χ2v) is 13.5. The van der Waals surface area contributed by atoms with E-state index < -0.39 is 0 Å². The molecule has 1 saturated carbocycles. The summed E-state index contributed by atoms with van der Waals surface area (Å²) in [6, 6.07) is -0.373. The van der Waals surface area contributed by atoms with Gasteiger partial charge in [-0.05, 0) is 56.3 Å². The molecule has 194 valence electrons. The zero-order chi connectivity index (χ0) is 26.0. The van der Waals surface area contributed by atoms with Crippen molar-refractivity contribution in [2.45, 2.75) is 92.0 Å². The Bertz CT molecular complexity index is 1450. The minimum atomic E-state index is -0.373. The topological polar surface area (TPSA) is 107 Å². The van der Waals surface area contributed by atoms with Crippen LogP contribution in [0.4, 0.5) is 11.6 Å². The summed E-state index contributed by atoms with van der Waals surface area (Å²) in [5.41, 5.74) is 7.54. The first-order valence-corrected chi connectivity index (χ1v) is 13.6. The van der Waals surface area contributed by atoms with E-state index in [-0.39, 0.29) is 34.4 Å². The van der Waals surface area contributed by atoms with Crippen LogP contribution < -0.4 is 10.2 Å². The fraction of sp³-hybridized carbons (Fsp3) is 0.586. The average Bonchev–Trinajstić information content (AvgIpc) is 3.46. The van der Waals surface area contributed by atoms with E-state index in [9.17, 15) is 9.59 Å². The van der Waals surface area contributed by atoms with Gasteiger partial charge in [-0.15, -0.1) is 0 Å². The molecule has 0 saturated heterocycles. The first kappa shape index (κ1) is 23.0. The van der Waals surface area contributed by atoms with Crippen LogP contribution in [0.15, 0.2) is 22.5 Å². The number of aromatic nitrogens is 4. The van der Waals surface area contributed by atoms with Crippen LogP contribution in [-0.4, -0.2) is 32.0 Å². The number of fused-ring (bicyclic) bond motifs is 2. The number of hydrogen-bond acceptors (Lipinski definition) is 6. The third-order valence-corrected chi connectivity index (χ3v) is 9.09. The molecule has 0 aromatic carbocycles. The minimum Gasteiger partial charge on any atom is -0.342 e. The van der Waals surface area contributed by atoms with Crippen molar-refractivity contribution in [2.24, 2.45) is 16.7 Å². The van der Waals surface area contributed by atoms with Crippen molar-refractivity contribution < 1.29 is 9.59 Å². The van der Waals surface area contributed by atoms with Crippen LogP contribution in [-0.2, 0) is 9.59 Å². The van der Waals surface area contributed by atoms with Crippen LogP contribution in [0.1, 0.15) is 101 Å². The molecule has 1 fully saturated rings. The summed E-state index contributed by atoms with van der Waals surface area (Å²) in [6.45, 7) is 12.7. The molecule has 3 N–H and O–H groups in total. The number of aryl methyl sites for hydroxylation is 2. The van der Waals surface area contributed by atoms with Crippen molar-refractivity contribution >= 4 is 23.2 Å². The molecule has 2 aliphatic heterocycles. The molecular weight excluding hydrogens is 464 g/mol. The van der Waals surface area contributed by atoms with Gasteiger partial charge in [-0.1, -0.05) is 27.7 Å². The number of Topliss-reactive ketones (excluding diaryl/α,β-unsaturated/α-hetero) is 2. The van der Waals surface area contributed by atoms with Crippen LogP contribution in [0, 0.1) is 30.6 Å². The molecule has 0 spiro atoms. The highest BCUT2D eigenvalue weighted by molar-refractivity contribution is 6.04. The molecule has 3 aliphatic carbocycles. The Hall–Kier alpha value is -3.16. The summed E-state index contributed by atoms with van der Waals surface area (Å²) >= 11 is 0. The smallest absolute Gasteiger partial charge is 0.163 e. The Labute approximate surface area is 217 Å². The van der Waals surface area contributed by atoms with E-state index in [1.54, 1.807) is 0 Å². The Morgan fingerprint density at radius 3 is 2.14 bits per heavy atom. The standard InChI is InChI=1S/C29H36N6O2/c1-13-20-22(15-7-8-15)24-17(10-29(5,6)12-19(24)37)35(27(20)34-32-13)25-21-14(2)31-33-26(21)30-16-9-28(3,4)11-18(36)23(16)25/h15,22,25H,7-12H2,1-6H3,(H,32,34)(H2,30,31,33). The Morgan fingerprint density at radius 2 is 1.43 bits per heavy atom. The first-order chi connectivity index (χ1) is 17.5. The number of carbonyl (C=O) groups excluding carboxylic acids is 2. The van der Waals surface area contributed by atoms with Crippen LogP contribution in [0.5, 0.6) is 0 Å². The number of aromatic amines is 2. The SMILES string of the molecule is Cc1[nH]nc2c1C(C1CC1)C1=C(CC(C)(C)CC1=O)N2C1C2=C(CC(C)(C)CC2=O)Nc2n[nH]c(C)c21. The van der Waals surface area contributed by atoms with Gasteiger partial charge in [0.1, 0.15) is 0 Å². The van der Waals surface area contributed by atoms with E-state index >= 15 is 0 Å². The Balaban J connectivity index is 1.52. The van der Waals surface area contributed by atoms with E-state index in [2.05, 4.69) is 60.1 Å². The number of hydrogen-bond donors (Lipinski definition) is 3. The molecule has 4 heterocycles. The van der Waals surface area contributed by atoms with E-state index in [0.29, 0.717) is 18.8 Å². The molecule has 2 aromatic heterocycles. The summed E-state index contributed by atoms with van der Waals surface area (Å²) < 4.78 is 0. The third kappa shape index (κ3) is 3.26. The summed E-state index contributed by atoms with van der Waals surface area (Å²) in [5, 5.41) is 19.4. The average molecular weight is 501 g/mol. The molecule has 0 bridgehead atoms. The van der Waals surface area contributed by atoms with Crippen molar-refractivity contribution in [2.75, 3.05) is 10.2 Å². The van der Waals surface area contributed by atoms with Crippen molar-refractivity contribution in [1.82, 2.24) is 20.4 Å².